The molecule has 0 radical (unpaired) electrons. The molecule has 1 aliphatic heterocycles. The number of hydrogen-bond acceptors (Lipinski definition) is 4. The van der Waals surface area contributed by atoms with Gasteiger partial charge < -0.3 is 19.5 Å². The molecule has 1 aliphatic rings. The van der Waals surface area contributed by atoms with E-state index in [0.29, 0.717) is 17.9 Å². The van der Waals surface area contributed by atoms with E-state index in [2.05, 4.69) is 0 Å². The number of ether oxygens (including phenoxy) is 2. The topological polar surface area (TPSA) is 76.1 Å². The van der Waals surface area contributed by atoms with Crippen LogP contribution in [0, 0.1) is 0 Å². The van der Waals surface area contributed by atoms with Crippen LogP contribution >= 0.6 is 0 Å². The molecule has 1 heterocycles. The summed E-state index contributed by atoms with van der Waals surface area (Å²) >= 11 is 0. The van der Waals surface area contributed by atoms with Gasteiger partial charge in [0.1, 0.15) is 11.5 Å². The Morgan fingerprint density at radius 2 is 1.86 bits per heavy atom. The van der Waals surface area contributed by atoms with Crippen molar-refractivity contribution in [3.05, 3.63) is 59.7 Å². The number of aliphatic carboxylic acids is 1. The minimum Gasteiger partial charge on any atom is -0.497 e. The molecule has 148 valence electrons. The molecule has 1 saturated heterocycles. The van der Waals surface area contributed by atoms with Crippen LogP contribution in [0.4, 0.5) is 0 Å². The maximum Gasteiger partial charge on any atom is 0.341 e. The second-order valence-corrected chi connectivity index (χ2v) is 6.85. The second-order valence-electron chi connectivity index (χ2n) is 6.85. The van der Waals surface area contributed by atoms with E-state index in [9.17, 15) is 9.59 Å². The predicted octanol–water partition coefficient (Wildman–Crippen LogP) is 3.92. The van der Waals surface area contributed by atoms with Crippen LogP contribution in [-0.4, -0.2) is 42.1 Å². The Bertz CT molecular complexity index is 818. The van der Waals surface area contributed by atoms with Gasteiger partial charge in [0, 0.05) is 12.1 Å². The van der Waals surface area contributed by atoms with Gasteiger partial charge in [-0.3, -0.25) is 4.79 Å². The van der Waals surface area contributed by atoms with Crippen LogP contribution in [-0.2, 0) is 4.79 Å². The summed E-state index contributed by atoms with van der Waals surface area (Å²) in [5.74, 6) is 0.0508. The molecule has 2 aromatic rings. The zero-order valence-electron chi connectivity index (χ0n) is 16.0. The molecule has 28 heavy (non-hydrogen) atoms. The highest BCUT2D eigenvalue weighted by Crippen LogP contribution is 2.32. The van der Waals surface area contributed by atoms with Crippen molar-refractivity contribution in [1.82, 2.24) is 4.90 Å². The third kappa shape index (κ3) is 4.82. The molecule has 0 spiro atoms. The fourth-order valence-electron chi connectivity index (χ4n) is 3.55. The molecular weight excluding hydrogens is 358 g/mol. The van der Waals surface area contributed by atoms with Crippen molar-refractivity contribution in [3.8, 4) is 11.5 Å². The van der Waals surface area contributed by atoms with Crippen molar-refractivity contribution in [1.29, 1.82) is 0 Å². The molecule has 6 nitrogen and oxygen atoms in total. The smallest absolute Gasteiger partial charge is 0.341 e. The van der Waals surface area contributed by atoms with Crippen molar-refractivity contribution in [3.63, 3.8) is 0 Å². The Morgan fingerprint density at radius 1 is 1.07 bits per heavy atom. The molecule has 1 fully saturated rings. The van der Waals surface area contributed by atoms with E-state index in [1.54, 1.807) is 31.4 Å². The van der Waals surface area contributed by atoms with Gasteiger partial charge in [0.15, 0.2) is 6.61 Å². The normalized spacial score (nSPS) is 16.9. The van der Waals surface area contributed by atoms with E-state index < -0.39 is 12.6 Å². The average Bonchev–Trinajstić information content (AvgIpc) is 2.98. The third-order valence-electron chi connectivity index (χ3n) is 4.96. The molecule has 6 heteroatoms. The molecule has 1 unspecified atom stereocenters. The zero-order valence-corrected chi connectivity index (χ0v) is 16.0. The largest absolute Gasteiger partial charge is 0.497 e. The molecule has 1 N–H and O–H groups in total. The highest BCUT2D eigenvalue weighted by Gasteiger charge is 2.27. The lowest BCUT2D eigenvalue weighted by Gasteiger charge is -2.31. The number of carbonyl (C=O) groups excluding carboxylic acids is 1. The number of amides is 1. The summed E-state index contributed by atoms with van der Waals surface area (Å²) < 4.78 is 10.5. The molecule has 2 aromatic carbocycles. The first-order valence-corrected chi connectivity index (χ1v) is 9.48. The first-order valence-electron chi connectivity index (χ1n) is 9.48. The molecule has 1 atom stereocenters. The van der Waals surface area contributed by atoms with Crippen LogP contribution in [0.15, 0.2) is 48.5 Å². The molecule has 3 rings (SSSR count). The van der Waals surface area contributed by atoms with Crippen LogP contribution < -0.4 is 9.47 Å². The zero-order chi connectivity index (χ0) is 19.9. The lowest BCUT2D eigenvalue weighted by Crippen LogP contribution is -2.34. The number of carbonyl (C=O) groups is 2. The van der Waals surface area contributed by atoms with Crippen molar-refractivity contribution in [2.45, 2.75) is 31.7 Å². The van der Waals surface area contributed by atoms with E-state index in [1.807, 2.05) is 29.2 Å². The van der Waals surface area contributed by atoms with Crippen LogP contribution in [0.1, 0.15) is 47.6 Å². The Morgan fingerprint density at radius 3 is 2.57 bits per heavy atom. The number of rotatable bonds is 6. The monoisotopic (exact) mass is 383 g/mol. The first kappa shape index (κ1) is 19.7. The van der Waals surface area contributed by atoms with Gasteiger partial charge in [0.25, 0.3) is 5.91 Å². The van der Waals surface area contributed by atoms with Gasteiger partial charge in [0.2, 0.25) is 0 Å². The number of carboxylic acids is 1. The van der Waals surface area contributed by atoms with Gasteiger partial charge in [-0.25, -0.2) is 4.79 Å². The summed E-state index contributed by atoms with van der Waals surface area (Å²) in [6.07, 6.45) is 4.04. The summed E-state index contributed by atoms with van der Waals surface area (Å²) in [5.41, 5.74) is 1.60. The summed E-state index contributed by atoms with van der Waals surface area (Å²) in [6, 6.07) is 14.6. The van der Waals surface area contributed by atoms with Gasteiger partial charge in [-0.2, -0.15) is 0 Å². The standard InChI is InChI=1S/C22H25NO5/c1-27-18-11-9-16(10-12-18)20-8-3-2-4-13-23(20)22(26)17-6-5-7-19(14-17)28-15-21(24)25/h5-7,9-12,14,20H,2-4,8,13,15H2,1H3,(H,24,25). The number of likely N-dealkylation sites (tertiary alicyclic amines) is 1. The summed E-state index contributed by atoms with van der Waals surface area (Å²) in [5, 5.41) is 8.78. The van der Waals surface area contributed by atoms with Crippen molar-refractivity contribution >= 4 is 11.9 Å². The van der Waals surface area contributed by atoms with E-state index in [4.69, 9.17) is 14.6 Å². The number of carboxylic acid groups (broad SMARTS) is 1. The Balaban J connectivity index is 1.84. The number of methoxy groups -OCH3 is 1. The number of nitrogens with zero attached hydrogens (tertiary/aromatic N) is 1. The maximum atomic E-state index is 13.3. The molecule has 0 saturated carbocycles. The van der Waals surface area contributed by atoms with Crippen LogP contribution in [0.25, 0.3) is 0 Å². The average molecular weight is 383 g/mol. The number of benzene rings is 2. The Kier molecular flexibility index (Phi) is 6.53. The minimum atomic E-state index is -1.05. The number of hydrogen-bond donors (Lipinski definition) is 1. The third-order valence-corrected chi connectivity index (χ3v) is 4.96. The van der Waals surface area contributed by atoms with Gasteiger partial charge in [-0.15, -0.1) is 0 Å². The van der Waals surface area contributed by atoms with Crippen LogP contribution in [0.2, 0.25) is 0 Å². The van der Waals surface area contributed by atoms with E-state index in [1.165, 1.54) is 0 Å². The van der Waals surface area contributed by atoms with E-state index in [-0.39, 0.29) is 11.9 Å². The predicted molar refractivity (Wildman–Crippen MR) is 105 cm³/mol. The fourth-order valence-corrected chi connectivity index (χ4v) is 3.55. The van der Waals surface area contributed by atoms with Crippen molar-refractivity contribution in [2.75, 3.05) is 20.3 Å². The lowest BCUT2D eigenvalue weighted by atomic mass is 10.00. The first-order chi connectivity index (χ1) is 13.6. The fraction of sp³-hybridized carbons (Fsp3) is 0.364. The van der Waals surface area contributed by atoms with Gasteiger partial charge in [-0.1, -0.05) is 31.0 Å². The Hall–Kier alpha value is -3.02. The van der Waals surface area contributed by atoms with E-state index >= 15 is 0 Å². The van der Waals surface area contributed by atoms with Crippen LogP contribution in [0.3, 0.4) is 0 Å². The highest BCUT2D eigenvalue weighted by molar-refractivity contribution is 5.95. The summed E-state index contributed by atoms with van der Waals surface area (Å²) in [4.78, 5) is 25.9. The van der Waals surface area contributed by atoms with Gasteiger partial charge >= 0.3 is 5.97 Å². The maximum absolute atomic E-state index is 13.3. The molecule has 0 aliphatic carbocycles. The van der Waals surface area contributed by atoms with Gasteiger partial charge in [0.05, 0.1) is 13.2 Å². The summed E-state index contributed by atoms with van der Waals surface area (Å²) in [7, 11) is 1.63. The SMILES string of the molecule is COc1ccc(C2CCCCCN2C(=O)c2cccc(OCC(=O)O)c2)cc1. The molecule has 0 bridgehead atoms. The molecule has 1 amide bonds. The quantitative estimate of drug-likeness (QED) is 0.818. The Labute approximate surface area is 164 Å². The van der Waals surface area contributed by atoms with Crippen molar-refractivity contribution in [2.24, 2.45) is 0 Å². The second kappa shape index (κ2) is 9.26. The van der Waals surface area contributed by atoms with Crippen LogP contribution in [0.5, 0.6) is 11.5 Å². The van der Waals surface area contributed by atoms with Gasteiger partial charge in [-0.05, 0) is 48.7 Å². The van der Waals surface area contributed by atoms with E-state index in [0.717, 1.165) is 37.0 Å². The summed E-state index contributed by atoms with van der Waals surface area (Å²) in [6.45, 7) is 0.256. The van der Waals surface area contributed by atoms with Crippen molar-refractivity contribution < 1.29 is 24.2 Å². The highest BCUT2D eigenvalue weighted by atomic mass is 16.5. The lowest BCUT2D eigenvalue weighted by molar-refractivity contribution is -0.139. The molecular formula is C22H25NO5. The minimum absolute atomic E-state index is 0.00417. The molecule has 0 aromatic heterocycles.